The van der Waals surface area contributed by atoms with E-state index in [0.717, 1.165) is 18.3 Å². The van der Waals surface area contributed by atoms with E-state index in [4.69, 9.17) is 0 Å². The fourth-order valence-electron chi connectivity index (χ4n) is 2.94. The lowest BCUT2D eigenvalue weighted by Crippen LogP contribution is -2.42. The van der Waals surface area contributed by atoms with Crippen LogP contribution in [0.3, 0.4) is 0 Å². The molecule has 1 aliphatic heterocycles. The molecule has 0 aliphatic carbocycles. The lowest BCUT2D eigenvalue weighted by atomic mass is 9.92. The van der Waals surface area contributed by atoms with Gasteiger partial charge in [0.2, 0.25) is 5.60 Å². The molecule has 2 atom stereocenters. The number of hydrogen-bond acceptors (Lipinski definition) is 3. The fourth-order valence-corrected chi connectivity index (χ4v) is 2.94. The smallest absolute Gasteiger partial charge is 0.374 e. The minimum Gasteiger partial charge on any atom is -0.374 e. The van der Waals surface area contributed by atoms with Crippen molar-refractivity contribution in [1.82, 2.24) is 19.3 Å². The summed E-state index contributed by atoms with van der Waals surface area (Å²) in [6.07, 6.45) is -3.42. The first-order valence-corrected chi connectivity index (χ1v) is 7.79. The third-order valence-electron chi connectivity index (χ3n) is 4.47. The molecule has 1 aliphatic rings. The van der Waals surface area contributed by atoms with Gasteiger partial charge in [0.25, 0.3) is 0 Å². The van der Waals surface area contributed by atoms with E-state index in [-0.39, 0.29) is 17.3 Å². The number of fused-ring (bicyclic) bond motifs is 3. The zero-order chi connectivity index (χ0) is 18.1. The van der Waals surface area contributed by atoms with Gasteiger partial charge in [0.15, 0.2) is 5.82 Å². The third kappa shape index (κ3) is 2.35. The number of aromatic nitrogens is 4. The molecule has 5 nitrogen and oxygen atoms in total. The predicted octanol–water partition coefficient (Wildman–Crippen LogP) is 3.39. The van der Waals surface area contributed by atoms with Gasteiger partial charge < -0.3 is 9.67 Å². The van der Waals surface area contributed by atoms with Gasteiger partial charge >= 0.3 is 6.18 Å². The van der Waals surface area contributed by atoms with Crippen LogP contribution in [0.15, 0.2) is 12.3 Å². The lowest BCUT2D eigenvalue weighted by molar-refractivity contribution is -0.262. The summed E-state index contributed by atoms with van der Waals surface area (Å²) in [4.78, 5) is 3.91. The van der Waals surface area contributed by atoms with Crippen molar-refractivity contribution >= 4 is 0 Å². The molecule has 132 valence electrons. The van der Waals surface area contributed by atoms with E-state index in [2.05, 4.69) is 10.1 Å². The molecule has 1 unspecified atom stereocenters. The van der Waals surface area contributed by atoms with E-state index in [1.54, 1.807) is 11.6 Å². The molecular weight excluding hydrogens is 321 g/mol. The summed E-state index contributed by atoms with van der Waals surface area (Å²) in [5, 5.41) is 14.6. The van der Waals surface area contributed by atoms with Crippen LogP contribution in [0.2, 0.25) is 0 Å². The van der Waals surface area contributed by atoms with E-state index in [1.165, 1.54) is 10.8 Å². The maximum Gasteiger partial charge on any atom is 0.424 e. The number of rotatable bonds is 1. The Hall–Kier alpha value is -1.83. The van der Waals surface area contributed by atoms with Crippen molar-refractivity contribution in [2.75, 3.05) is 0 Å². The van der Waals surface area contributed by atoms with Gasteiger partial charge in [0, 0.05) is 5.41 Å². The molecule has 24 heavy (non-hydrogen) atoms. The first-order chi connectivity index (χ1) is 10.8. The summed E-state index contributed by atoms with van der Waals surface area (Å²) in [5.41, 5.74) is -1.05. The van der Waals surface area contributed by atoms with Crippen LogP contribution in [-0.4, -0.2) is 30.6 Å². The van der Waals surface area contributed by atoms with Gasteiger partial charge in [-0.05, 0) is 19.9 Å². The maximum atomic E-state index is 13.2. The highest BCUT2D eigenvalue weighted by Crippen LogP contribution is 2.42. The van der Waals surface area contributed by atoms with Crippen LogP contribution in [0.1, 0.15) is 52.2 Å². The molecule has 2 aromatic rings. The number of hydrogen-bond donors (Lipinski definition) is 1. The van der Waals surface area contributed by atoms with Crippen LogP contribution >= 0.6 is 0 Å². The Morgan fingerprint density at radius 3 is 2.33 bits per heavy atom. The van der Waals surface area contributed by atoms with Crippen molar-refractivity contribution in [3.8, 4) is 11.4 Å². The van der Waals surface area contributed by atoms with Crippen LogP contribution in [-0.2, 0) is 17.6 Å². The topological polar surface area (TPSA) is 55.9 Å². The van der Waals surface area contributed by atoms with E-state index in [0.29, 0.717) is 12.2 Å². The van der Waals surface area contributed by atoms with Gasteiger partial charge in [-0.25, -0.2) is 4.98 Å². The molecule has 0 saturated carbocycles. The SMILES string of the molecule is C[C@H]1Cn2nc(C(C)(C)C)cc2-c2cnc(C(C)(O)C(F)(F)F)n21. The molecule has 0 fully saturated rings. The molecule has 0 amide bonds. The van der Waals surface area contributed by atoms with Gasteiger partial charge in [-0.1, -0.05) is 20.8 Å². The Morgan fingerprint density at radius 2 is 1.79 bits per heavy atom. The summed E-state index contributed by atoms with van der Waals surface area (Å²) in [5.74, 6) is -0.387. The maximum absolute atomic E-state index is 13.2. The molecule has 3 heterocycles. The third-order valence-corrected chi connectivity index (χ3v) is 4.47. The minimum atomic E-state index is -4.80. The number of halogens is 3. The molecule has 0 radical (unpaired) electrons. The van der Waals surface area contributed by atoms with Gasteiger partial charge in [-0.3, -0.25) is 4.68 Å². The average molecular weight is 342 g/mol. The van der Waals surface area contributed by atoms with Gasteiger partial charge in [-0.15, -0.1) is 0 Å². The number of imidazole rings is 1. The quantitative estimate of drug-likeness (QED) is 0.864. The predicted molar refractivity (Wildman–Crippen MR) is 82.5 cm³/mol. The molecule has 2 aromatic heterocycles. The Kier molecular flexibility index (Phi) is 3.43. The summed E-state index contributed by atoms with van der Waals surface area (Å²) >= 11 is 0. The second kappa shape index (κ2) is 4.84. The number of nitrogens with zero attached hydrogens (tertiary/aromatic N) is 4. The van der Waals surface area contributed by atoms with Crippen LogP contribution in [0.5, 0.6) is 0 Å². The lowest BCUT2D eigenvalue weighted by Gasteiger charge is -2.31. The molecular formula is C16H21F3N4O. The monoisotopic (exact) mass is 342 g/mol. The molecule has 0 aromatic carbocycles. The highest BCUT2D eigenvalue weighted by Gasteiger charge is 2.55. The Bertz CT molecular complexity index is 780. The normalized spacial score (nSPS) is 20.5. The van der Waals surface area contributed by atoms with Crippen molar-refractivity contribution in [2.24, 2.45) is 0 Å². The molecule has 0 bridgehead atoms. The minimum absolute atomic E-state index is 0.168. The van der Waals surface area contributed by atoms with Crippen molar-refractivity contribution < 1.29 is 18.3 Å². The molecule has 0 saturated heterocycles. The second-order valence-corrected chi connectivity index (χ2v) is 7.60. The number of alkyl halides is 3. The van der Waals surface area contributed by atoms with Gasteiger partial charge in [-0.2, -0.15) is 18.3 Å². The Labute approximate surface area is 138 Å². The Morgan fingerprint density at radius 1 is 1.17 bits per heavy atom. The van der Waals surface area contributed by atoms with Crippen molar-refractivity contribution in [2.45, 2.75) is 64.4 Å². The van der Waals surface area contributed by atoms with Crippen LogP contribution in [0, 0.1) is 0 Å². The summed E-state index contributed by atoms with van der Waals surface area (Å²) in [6.45, 7) is 9.05. The van der Waals surface area contributed by atoms with Crippen LogP contribution in [0.4, 0.5) is 13.2 Å². The summed E-state index contributed by atoms with van der Waals surface area (Å²) in [7, 11) is 0. The highest BCUT2D eigenvalue weighted by molar-refractivity contribution is 5.58. The fraction of sp³-hybridized carbons (Fsp3) is 0.625. The van der Waals surface area contributed by atoms with E-state index in [9.17, 15) is 18.3 Å². The summed E-state index contributed by atoms with van der Waals surface area (Å²) in [6, 6.07) is 1.58. The zero-order valence-electron chi connectivity index (χ0n) is 14.3. The second-order valence-electron chi connectivity index (χ2n) is 7.60. The van der Waals surface area contributed by atoms with Crippen LogP contribution < -0.4 is 0 Å². The molecule has 1 N–H and O–H groups in total. The van der Waals surface area contributed by atoms with Crippen LogP contribution in [0.25, 0.3) is 11.4 Å². The average Bonchev–Trinajstić information content (AvgIpc) is 2.99. The molecule has 8 heteroatoms. The van der Waals surface area contributed by atoms with Gasteiger partial charge in [0.05, 0.1) is 35.9 Å². The van der Waals surface area contributed by atoms with Crippen molar-refractivity contribution in [1.29, 1.82) is 0 Å². The van der Waals surface area contributed by atoms with E-state index < -0.39 is 11.8 Å². The Balaban J connectivity index is 2.18. The standard InChI is InChI=1S/C16H21F3N4O/c1-9-8-22-10(6-12(21-22)14(2,3)4)11-7-20-13(23(9)11)15(5,24)16(17,18)19/h6-7,9,24H,8H2,1-5H3/t9-,15?/m0/s1. The van der Waals surface area contributed by atoms with Crippen molar-refractivity contribution in [3.63, 3.8) is 0 Å². The first kappa shape index (κ1) is 17.0. The number of aliphatic hydroxyl groups is 1. The van der Waals surface area contributed by atoms with Crippen molar-refractivity contribution in [3.05, 3.63) is 23.8 Å². The largest absolute Gasteiger partial charge is 0.424 e. The summed E-state index contributed by atoms with van der Waals surface area (Å²) < 4.78 is 43.0. The van der Waals surface area contributed by atoms with E-state index in [1.807, 2.05) is 26.8 Å². The first-order valence-electron chi connectivity index (χ1n) is 7.79. The highest BCUT2D eigenvalue weighted by atomic mass is 19.4. The molecule has 0 spiro atoms. The van der Waals surface area contributed by atoms with E-state index >= 15 is 0 Å². The molecule has 3 rings (SSSR count). The zero-order valence-corrected chi connectivity index (χ0v) is 14.3. The van der Waals surface area contributed by atoms with Gasteiger partial charge in [0.1, 0.15) is 0 Å².